The number of benzene rings is 1. The molecule has 90 valence electrons. The smallest absolute Gasteiger partial charge is 0.305 e. The molecular formula is C11H16BrO3P. The van der Waals surface area contributed by atoms with E-state index in [1.165, 1.54) is 0 Å². The fraction of sp³-hybridized carbons (Fsp3) is 0.455. The summed E-state index contributed by atoms with van der Waals surface area (Å²) in [4.78, 5) is 0. The quantitative estimate of drug-likeness (QED) is 0.596. The molecule has 0 saturated heterocycles. The van der Waals surface area contributed by atoms with Crippen LogP contribution >= 0.6 is 23.5 Å². The van der Waals surface area contributed by atoms with Crippen LogP contribution in [0, 0.1) is 0 Å². The highest BCUT2D eigenvalue weighted by molar-refractivity contribution is 9.08. The van der Waals surface area contributed by atoms with E-state index in [9.17, 15) is 4.57 Å². The molecule has 0 aliphatic rings. The molecule has 1 aromatic rings. The molecule has 0 unspecified atom stereocenters. The highest BCUT2D eigenvalue weighted by Crippen LogP contribution is 2.47. The van der Waals surface area contributed by atoms with Crippen molar-refractivity contribution in [3.63, 3.8) is 0 Å². The summed E-state index contributed by atoms with van der Waals surface area (Å²) < 4.78 is 23.2. The molecule has 0 fully saturated rings. The van der Waals surface area contributed by atoms with Crippen molar-refractivity contribution in [1.29, 1.82) is 0 Å². The van der Waals surface area contributed by atoms with E-state index in [-0.39, 0.29) is 0 Å². The lowest BCUT2D eigenvalue weighted by Gasteiger charge is -2.19. The van der Waals surface area contributed by atoms with Gasteiger partial charge in [-0.15, -0.1) is 0 Å². The maximum atomic E-state index is 12.5. The third-order valence-electron chi connectivity index (χ3n) is 2.03. The summed E-state index contributed by atoms with van der Waals surface area (Å²) in [6.45, 7) is 4.35. The highest BCUT2D eigenvalue weighted by Gasteiger charge is 2.28. The molecular weight excluding hydrogens is 291 g/mol. The number of hydrogen-bond acceptors (Lipinski definition) is 3. The van der Waals surface area contributed by atoms with Gasteiger partial charge in [-0.1, -0.05) is 34.1 Å². The lowest BCUT2D eigenvalue weighted by atomic mass is 10.2. The van der Waals surface area contributed by atoms with Gasteiger partial charge in [0.05, 0.1) is 18.5 Å². The normalized spacial score (nSPS) is 11.7. The van der Waals surface area contributed by atoms with Gasteiger partial charge in [0, 0.05) is 5.33 Å². The summed E-state index contributed by atoms with van der Waals surface area (Å²) in [5.41, 5.74) is 0.938. The van der Waals surface area contributed by atoms with Crippen LogP contribution in [0.2, 0.25) is 0 Å². The molecule has 0 atom stereocenters. The van der Waals surface area contributed by atoms with Gasteiger partial charge < -0.3 is 9.05 Å². The predicted octanol–water partition coefficient (Wildman–Crippen LogP) is 3.47. The maximum absolute atomic E-state index is 12.5. The average molecular weight is 307 g/mol. The number of halogens is 1. The summed E-state index contributed by atoms with van der Waals surface area (Å²) in [5.74, 6) is 0. The predicted molar refractivity (Wildman–Crippen MR) is 69.6 cm³/mol. The van der Waals surface area contributed by atoms with Crippen LogP contribution in [0.25, 0.3) is 0 Å². The Morgan fingerprint density at radius 3 is 2.25 bits per heavy atom. The second-order valence-corrected chi connectivity index (χ2v) is 5.65. The zero-order valence-electron chi connectivity index (χ0n) is 9.48. The van der Waals surface area contributed by atoms with E-state index >= 15 is 0 Å². The van der Waals surface area contributed by atoms with E-state index in [0.717, 1.165) is 5.56 Å². The van der Waals surface area contributed by atoms with Gasteiger partial charge >= 0.3 is 7.60 Å². The van der Waals surface area contributed by atoms with Crippen LogP contribution in [0.1, 0.15) is 19.4 Å². The maximum Gasteiger partial charge on any atom is 0.361 e. The fourth-order valence-electron chi connectivity index (χ4n) is 1.41. The Kier molecular flexibility index (Phi) is 5.70. The Hall–Kier alpha value is -0.150. The van der Waals surface area contributed by atoms with E-state index in [1.54, 1.807) is 6.07 Å². The Labute approximate surface area is 105 Å². The van der Waals surface area contributed by atoms with Gasteiger partial charge in [-0.25, -0.2) is 0 Å². The van der Waals surface area contributed by atoms with Crippen molar-refractivity contribution in [3.8, 4) is 0 Å². The van der Waals surface area contributed by atoms with Gasteiger partial charge in [-0.05, 0) is 25.5 Å². The van der Waals surface area contributed by atoms with Gasteiger partial charge in [0.25, 0.3) is 0 Å². The minimum absolute atomic E-state index is 0.369. The van der Waals surface area contributed by atoms with Crippen molar-refractivity contribution in [3.05, 3.63) is 29.8 Å². The zero-order chi connectivity index (χ0) is 12.0. The van der Waals surface area contributed by atoms with Crippen LogP contribution in [0.3, 0.4) is 0 Å². The first-order chi connectivity index (χ1) is 7.68. The van der Waals surface area contributed by atoms with Gasteiger partial charge in [0.2, 0.25) is 0 Å². The lowest BCUT2D eigenvalue weighted by molar-refractivity contribution is 0.230. The molecule has 0 radical (unpaired) electrons. The topological polar surface area (TPSA) is 35.5 Å². The molecule has 0 aliphatic heterocycles. The Morgan fingerprint density at radius 1 is 1.19 bits per heavy atom. The molecule has 0 bridgehead atoms. The van der Waals surface area contributed by atoms with Gasteiger partial charge in [0.15, 0.2) is 0 Å². The molecule has 0 N–H and O–H groups in total. The first-order valence-electron chi connectivity index (χ1n) is 5.21. The van der Waals surface area contributed by atoms with Crippen molar-refractivity contribution in [2.75, 3.05) is 13.2 Å². The molecule has 1 rings (SSSR count). The van der Waals surface area contributed by atoms with Crippen molar-refractivity contribution >= 4 is 28.8 Å². The first-order valence-corrected chi connectivity index (χ1v) is 7.88. The molecule has 1 aromatic carbocycles. The molecule has 0 amide bonds. The van der Waals surface area contributed by atoms with Crippen LogP contribution in [0.5, 0.6) is 0 Å². The molecule has 0 saturated carbocycles. The molecule has 16 heavy (non-hydrogen) atoms. The van der Waals surface area contributed by atoms with Crippen molar-refractivity contribution in [1.82, 2.24) is 0 Å². The molecule has 0 aromatic heterocycles. The number of rotatable bonds is 6. The Balaban J connectivity index is 3.15. The summed E-state index contributed by atoms with van der Waals surface area (Å²) in [5, 5.41) is 1.28. The fourth-order valence-corrected chi connectivity index (χ4v) is 3.92. The standard InChI is InChI=1S/C11H16BrO3P/c1-3-14-16(13,15-4-2)11-8-6-5-7-10(11)9-12/h5-8H,3-4,9H2,1-2H3. The molecule has 3 nitrogen and oxygen atoms in total. The van der Waals surface area contributed by atoms with E-state index in [0.29, 0.717) is 23.8 Å². The summed E-state index contributed by atoms with van der Waals surface area (Å²) >= 11 is 3.37. The zero-order valence-corrected chi connectivity index (χ0v) is 12.0. The second-order valence-electron chi connectivity index (χ2n) is 3.10. The van der Waals surface area contributed by atoms with Gasteiger partial charge in [-0.3, -0.25) is 4.57 Å². The van der Waals surface area contributed by atoms with Crippen LogP contribution in [-0.2, 0) is 18.9 Å². The van der Waals surface area contributed by atoms with E-state index in [1.807, 2.05) is 32.0 Å². The summed E-state index contributed by atoms with van der Waals surface area (Å²) in [7, 11) is -3.16. The van der Waals surface area contributed by atoms with Gasteiger partial charge in [-0.2, -0.15) is 0 Å². The molecule has 0 aliphatic carbocycles. The van der Waals surface area contributed by atoms with Crippen LogP contribution < -0.4 is 5.30 Å². The highest BCUT2D eigenvalue weighted by atomic mass is 79.9. The number of hydrogen-bond donors (Lipinski definition) is 0. The minimum atomic E-state index is -3.16. The third kappa shape index (κ3) is 3.17. The van der Waals surface area contributed by atoms with Crippen molar-refractivity contribution < 1.29 is 13.6 Å². The van der Waals surface area contributed by atoms with E-state index in [4.69, 9.17) is 9.05 Å². The Morgan fingerprint density at radius 2 is 1.75 bits per heavy atom. The lowest BCUT2D eigenvalue weighted by Crippen LogP contribution is -2.14. The largest absolute Gasteiger partial charge is 0.361 e. The van der Waals surface area contributed by atoms with Gasteiger partial charge in [0.1, 0.15) is 0 Å². The van der Waals surface area contributed by atoms with E-state index in [2.05, 4.69) is 15.9 Å². The van der Waals surface area contributed by atoms with Crippen molar-refractivity contribution in [2.45, 2.75) is 19.2 Å². The monoisotopic (exact) mass is 306 g/mol. The summed E-state index contributed by atoms with van der Waals surface area (Å²) in [6, 6.07) is 7.45. The van der Waals surface area contributed by atoms with Crippen LogP contribution in [-0.4, -0.2) is 13.2 Å². The third-order valence-corrected chi connectivity index (χ3v) is 4.86. The molecule has 0 heterocycles. The van der Waals surface area contributed by atoms with Crippen LogP contribution in [0.15, 0.2) is 24.3 Å². The molecule has 5 heteroatoms. The summed E-state index contributed by atoms with van der Waals surface area (Å²) in [6.07, 6.45) is 0. The van der Waals surface area contributed by atoms with Crippen LogP contribution in [0.4, 0.5) is 0 Å². The van der Waals surface area contributed by atoms with Crippen molar-refractivity contribution in [2.24, 2.45) is 0 Å². The van der Waals surface area contributed by atoms with E-state index < -0.39 is 7.60 Å². The SMILES string of the molecule is CCOP(=O)(OCC)c1ccccc1CBr. The average Bonchev–Trinajstić information content (AvgIpc) is 2.29. The molecule has 0 spiro atoms. The first kappa shape index (κ1) is 13.9. The Bertz CT molecular complexity index is 371. The number of alkyl halides is 1. The minimum Gasteiger partial charge on any atom is -0.305 e. The second kappa shape index (κ2) is 6.55.